The summed E-state index contributed by atoms with van der Waals surface area (Å²) in [5.41, 5.74) is 0. The minimum Gasteiger partial charge on any atom is -0.748 e. The monoisotopic (exact) mass is 274 g/mol. The van der Waals surface area contributed by atoms with Crippen LogP contribution >= 0.6 is 0 Å². The molecule has 0 aliphatic rings. The van der Waals surface area contributed by atoms with E-state index in [4.69, 9.17) is 0 Å². The van der Waals surface area contributed by atoms with Gasteiger partial charge in [0.15, 0.2) is 0 Å². The summed E-state index contributed by atoms with van der Waals surface area (Å²) >= 11 is 0. The van der Waals surface area contributed by atoms with Crippen LogP contribution in [0.2, 0.25) is 0 Å². The molecule has 6 heteroatoms. The average molecular weight is 274 g/mol. The normalized spacial score (nSPS) is 13.1. The molecule has 0 radical (unpaired) electrons. The molecule has 0 amide bonds. The third kappa shape index (κ3) is 16.9. The van der Waals surface area contributed by atoms with Gasteiger partial charge in [0, 0.05) is 5.75 Å². The van der Waals surface area contributed by atoms with Gasteiger partial charge in [-0.1, -0.05) is 39.0 Å². The van der Waals surface area contributed by atoms with Crippen molar-refractivity contribution >= 4 is 10.1 Å². The first-order valence-electron chi connectivity index (χ1n) is 6.07. The van der Waals surface area contributed by atoms with Gasteiger partial charge in [0.05, 0.1) is 16.2 Å². The number of hydrogen-bond acceptors (Lipinski definition) is 4. The van der Waals surface area contributed by atoms with Crippen molar-refractivity contribution in [1.29, 1.82) is 0 Å². The van der Waals surface area contributed by atoms with Crippen LogP contribution in [0.4, 0.5) is 0 Å². The van der Waals surface area contributed by atoms with Crippen LogP contribution in [0.3, 0.4) is 0 Å². The molecule has 0 spiro atoms. The van der Waals surface area contributed by atoms with Crippen molar-refractivity contribution in [2.75, 3.05) is 5.75 Å². The van der Waals surface area contributed by atoms with Gasteiger partial charge in [0.1, 0.15) is 0 Å². The fourth-order valence-corrected chi connectivity index (χ4v) is 2.15. The first kappa shape index (κ1) is 20.2. The number of aliphatic hydroxyl groups is 1. The molecule has 1 N–H and O–H groups in total. The second-order valence-electron chi connectivity index (χ2n) is 4.26. The van der Waals surface area contributed by atoms with Gasteiger partial charge in [-0.3, -0.25) is 0 Å². The predicted octanol–water partition coefficient (Wildman–Crippen LogP) is -0.963. The van der Waals surface area contributed by atoms with Crippen LogP contribution in [0.15, 0.2) is 0 Å². The Morgan fingerprint density at radius 3 is 2.12 bits per heavy atom. The van der Waals surface area contributed by atoms with E-state index in [9.17, 15) is 18.1 Å². The quantitative estimate of drug-likeness (QED) is 0.316. The van der Waals surface area contributed by atoms with E-state index in [1.54, 1.807) is 0 Å². The molecule has 0 bridgehead atoms. The molecule has 0 aromatic carbocycles. The number of rotatable bonds is 10. The number of aliphatic hydroxyl groups excluding tert-OH is 1. The average Bonchev–Trinajstić information content (AvgIpc) is 2.18. The second-order valence-corrected chi connectivity index (χ2v) is 5.78. The Kier molecular flexibility index (Phi) is 14.2. The predicted molar refractivity (Wildman–Crippen MR) is 63.2 cm³/mol. The standard InChI is InChI=1S/C11H24O4S.Na/c1-2-3-8-11(12)9-6-4-5-7-10-16(13,14)15;/h11-12H,2-10H2,1H3,(H,13,14,15);/q;+1/p-1. The van der Waals surface area contributed by atoms with Crippen LogP contribution in [0.25, 0.3) is 0 Å². The Morgan fingerprint density at radius 1 is 1.06 bits per heavy atom. The van der Waals surface area contributed by atoms with Gasteiger partial charge >= 0.3 is 29.6 Å². The van der Waals surface area contributed by atoms with Gasteiger partial charge in [-0.2, -0.15) is 0 Å². The zero-order valence-corrected chi connectivity index (χ0v) is 13.8. The van der Waals surface area contributed by atoms with Crippen molar-refractivity contribution in [3.8, 4) is 0 Å². The molecule has 1 unspecified atom stereocenters. The molecule has 0 aliphatic carbocycles. The zero-order chi connectivity index (χ0) is 12.4. The minimum absolute atomic E-state index is 0. The van der Waals surface area contributed by atoms with E-state index >= 15 is 0 Å². The largest absolute Gasteiger partial charge is 1.00 e. The third-order valence-electron chi connectivity index (χ3n) is 2.57. The summed E-state index contributed by atoms with van der Waals surface area (Å²) < 4.78 is 30.9. The van der Waals surface area contributed by atoms with Crippen LogP contribution in [0, 0.1) is 0 Å². The molecule has 4 nitrogen and oxygen atoms in total. The van der Waals surface area contributed by atoms with E-state index in [-0.39, 0.29) is 41.4 Å². The SMILES string of the molecule is CCCCC(O)CCCCCCS(=O)(=O)[O-].[Na+]. The topological polar surface area (TPSA) is 77.4 Å². The molecule has 0 aromatic rings. The summed E-state index contributed by atoms with van der Waals surface area (Å²) in [6, 6.07) is 0. The van der Waals surface area contributed by atoms with Gasteiger partial charge in [-0.15, -0.1) is 0 Å². The summed E-state index contributed by atoms with van der Waals surface area (Å²) in [5, 5.41) is 9.52. The van der Waals surface area contributed by atoms with Gasteiger partial charge in [0.25, 0.3) is 0 Å². The maximum Gasteiger partial charge on any atom is 1.00 e. The van der Waals surface area contributed by atoms with E-state index in [2.05, 4.69) is 6.92 Å². The molecule has 0 saturated heterocycles. The molecule has 0 rings (SSSR count). The number of hydrogen-bond donors (Lipinski definition) is 1. The van der Waals surface area contributed by atoms with E-state index in [0.29, 0.717) is 6.42 Å². The van der Waals surface area contributed by atoms with Crippen LogP contribution in [-0.2, 0) is 10.1 Å². The van der Waals surface area contributed by atoms with Crippen LogP contribution in [-0.4, -0.2) is 29.9 Å². The molecular weight excluding hydrogens is 251 g/mol. The minimum atomic E-state index is -4.04. The van der Waals surface area contributed by atoms with Crippen molar-refractivity contribution in [3.63, 3.8) is 0 Å². The van der Waals surface area contributed by atoms with Crippen molar-refractivity contribution in [2.24, 2.45) is 0 Å². The van der Waals surface area contributed by atoms with Crippen molar-refractivity contribution in [3.05, 3.63) is 0 Å². The fraction of sp³-hybridized carbons (Fsp3) is 1.00. The maximum absolute atomic E-state index is 10.3. The molecule has 0 heterocycles. The van der Waals surface area contributed by atoms with Gasteiger partial charge in [-0.05, 0) is 19.3 Å². The summed E-state index contributed by atoms with van der Waals surface area (Å²) in [6.07, 6.45) is 6.55. The summed E-state index contributed by atoms with van der Waals surface area (Å²) in [6.45, 7) is 2.09. The molecule has 0 aliphatic heterocycles. The first-order valence-corrected chi connectivity index (χ1v) is 7.65. The van der Waals surface area contributed by atoms with Crippen LogP contribution in [0.5, 0.6) is 0 Å². The van der Waals surface area contributed by atoms with E-state index < -0.39 is 10.1 Å². The summed E-state index contributed by atoms with van der Waals surface area (Å²) in [4.78, 5) is 0. The zero-order valence-electron chi connectivity index (χ0n) is 11.0. The van der Waals surface area contributed by atoms with Crippen molar-refractivity contribution in [1.82, 2.24) is 0 Å². The third-order valence-corrected chi connectivity index (χ3v) is 3.36. The maximum atomic E-state index is 10.3. The van der Waals surface area contributed by atoms with Gasteiger partial charge < -0.3 is 9.66 Å². The van der Waals surface area contributed by atoms with Gasteiger partial charge in [-0.25, -0.2) is 8.42 Å². The summed E-state index contributed by atoms with van der Waals surface area (Å²) in [5.74, 6) is -0.259. The Balaban J connectivity index is 0. The Morgan fingerprint density at radius 2 is 1.59 bits per heavy atom. The molecule has 0 saturated carbocycles. The molecule has 0 fully saturated rings. The molecule has 17 heavy (non-hydrogen) atoms. The molecular formula is C11H23NaO4S. The first-order chi connectivity index (χ1) is 7.45. The Labute approximate surface area is 127 Å². The second kappa shape index (κ2) is 11.9. The van der Waals surface area contributed by atoms with Crippen molar-refractivity contribution in [2.45, 2.75) is 64.4 Å². The van der Waals surface area contributed by atoms with E-state index in [1.807, 2.05) is 0 Å². The van der Waals surface area contributed by atoms with E-state index in [0.717, 1.165) is 44.9 Å². The molecule has 98 valence electrons. The van der Waals surface area contributed by atoms with Gasteiger partial charge in [0.2, 0.25) is 0 Å². The molecule has 0 aromatic heterocycles. The van der Waals surface area contributed by atoms with Crippen LogP contribution < -0.4 is 29.6 Å². The summed E-state index contributed by atoms with van der Waals surface area (Å²) in [7, 11) is -4.04. The van der Waals surface area contributed by atoms with Crippen LogP contribution in [0.1, 0.15) is 58.3 Å². The molecule has 1 atom stereocenters. The smallest absolute Gasteiger partial charge is 0.748 e. The van der Waals surface area contributed by atoms with E-state index in [1.165, 1.54) is 0 Å². The Hall–Kier alpha value is 0.870. The number of unbranched alkanes of at least 4 members (excludes halogenated alkanes) is 4. The Bertz CT molecular complexity index is 254. The fourth-order valence-electron chi connectivity index (χ4n) is 1.60. The van der Waals surface area contributed by atoms with Crippen molar-refractivity contribution < 1.29 is 47.6 Å².